The molecule has 2 unspecified atom stereocenters. The van der Waals surface area contributed by atoms with Gasteiger partial charge < -0.3 is 34.1 Å². The van der Waals surface area contributed by atoms with Crippen molar-refractivity contribution in [3.05, 3.63) is 54.1 Å². The van der Waals surface area contributed by atoms with Gasteiger partial charge in [0.25, 0.3) is 0 Å². The van der Waals surface area contributed by atoms with Crippen LogP contribution in [0.15, 0.2) is 48.5 Å². The van der Waals surface area contributed by atoms with E-state index < -0.39 is 12.2 Å². The maximum absolute atomic E-state index is 10.9. The minimum atomic E-state index is -1.24. The van der Waals surface area contributed by atoms with E-state index in [9.17, 15) is 15.0 Å². The molecule has 2 atom stereocenters. The topological polar surface area (TPSA) is 91.3 Å². The van der Waals surface area contributed by atoms with Gasteiger partial charge in [-0.1, -0.05) is 24.3 Å². The molecule has 0 bridgehead atoms. The Balaban J connectivity index is 1.42. The van der Waals surface area contributed by atoms with E-state index in [-0.39, 0.29) is 12.5 Å². The minimum absolute atomic E-state index is 0.0808. The molecule has 2 aromatic carbocycles. The first-order valence-corrected chi connectivity index (χ1v) is 9.71. The average molecular weight is 400 g/mol. The van der Waals surface area contributed by atoms with Crippen LogP contribution < -0.4 is 19.3 Å². The van der Waals surface area contributed by atoms with Crippen molar-refractivity contribution in [2.24, 2.45) is 0 Å². The van der Waals surface area contributed by atoms with Gasteiger partial charge in [-0.05, 0) is 36.2 Å². The van der Waals surface area contributed by atoms with Gasteiger partial charge in [-0.3, -0.25) is 0 Å². The Morgan fingerprint density at radius 2 is 1.79 bits per heavy atom. The van der Waals surface area contributed by atoms with Gasteiger partial charge in [0.1, 0.15) is 11.8 Å². The van der Waals surface area contributed by atoms with Gasteiger partial charge in [-0.15, -0.1) is 0 Å². The SMILES string of the molecule is COc1ccccc1OCCCOc1ccc(C2CCN(C(=O)[O-])CC2O)cc1. The highest BCUT2D eigenvalue weighted by Crippen LogP contribution is 2.30. The molecule has 3 rings (SSSR count). The molecule has 0 radical (unpaired) electrons. The fraction of sp³-hybridized carbons (Fsp3) is 0.409. The summed E-state index contributed by atoms with van der Waals surface area (Å²) in [4.78, 5) is 12.1. The lowest BCUT2D eigenvalue weighted by Crippen LogP contribution is -2.50. The molecular formula is C22H26NO6-. The summed E-state index contributed by atoms with van der Waals surface area (Å²) in [5.41, 5.74) is 0.974. The van der Waals surface area contributed by atoms with E-state index >= 15 is 0 Å². The summed E-state index contributed by atoms with van der Waals surface area (Å²) in [6, 6.07) is 15.1. The summed E-state index contributed by atoms with van der Waals surface area (Å²) < 4.78 is 16.7. The number of carbonyl (C=O) groups excluding carboxylic acids is 1. The van der Waals surface area contributed by atoms with Crippen LogP contribution in [0.3, 0.4) is 0 Å². The second kappa shape index (κ2) is 10.0. The number of piperidine rings is 1. The van der Waals surface area contributed by atoms with Crippen LogP contribution in [0.1, 0.15) is 24.3 Å². The van der Waals surface area contributed by atoms with E-state index in [1.807, 2.05) is 48.5 Å². The third-order valence-electron chi connectivity index (χ3n) is 5.03. The highest BCUT2D eigenvalue weighted by Gasteiger charge is 2.28. The fourth-order valence-corrected chi connectivity index (χ4v) is 3.47. The number of benzene rings is 2. The molecule has 156 valence electrons. The van der Waals surface area contributed by atoms with E-state index in [0.29, 0.717) is 37.7 Å². The third kappa shape index (κ3) is 5.54. The van der Waals surface area contributed by atoms with Crippen LogP contribution in [0, 0.1) is 0 Å². The molecule has 7 nitrogen and oxygen atoms in total. The number of methoxy groups -OCH3 is 1. The molecule has 29 heavy (non-hydrogen) atoms. The maximum Gasteiger partial charge on any atom is 0.161 e. The number of rotatable bonds is 8. The minimum Gasteiger partial charge on any atom is -0.530 e. The first-order valence-electron chi connectivity index (χ1n) is 9.71. The Labute approximate surface area is 170 Å². The van der Waals surface area contributed by atoms with Crippen LogP contribution in [0.5, 0.6) is 17.2 Å². The highest BCUT2D eigenvalue weighted by atomic mass is 16.5. The first-order chi connectivity index (χ1) is 14.1. The van der Waals surface area contributed by atoms with Crippen molar-refractivity contribution in [2.75, 3.05) is 33.4 Å². The van der Waals surface area contributed by atoms with E-state index in [4.69, 9.17) is 14.2 Å². The maximum atomic E-state index is 10.9. The van der Waals surface area contributed by atoms with Gasteiger partial charge in [0.05, 0.1) is 26.4 Å². The summed E-state index contributed by atoms with van der Waals surface area (Å²) >= 11 is 0. The summed E-state index contributed by atoms with van der Waals surface area (Å²) in [5, 5.41) is 21.2. The summed E-state index contributed by atoms with van der Waals surface area (Å²) in [6.45, 7) is 1.48. The van der Waals surface area contributed by atoms with Gasteiger partial charge in [-0.25, -0.2) is 0 Å². The number of amides is 1. The van der Waals surface area contributed by atoms with Gasteiger partial charge >= 0.3 is 0 Å². The van der Waals surface area contributed by atoms with Crippen molar-refractivity contribution in [3.8, 4) is 17.2 Å². The molecule has 0 aromatic heterocycles. The number of ether oxygens (including phenoxy) is 3. The van der Waals surface area contributed by atoms with Crippen LogP contribution in [0.25, 0.3) is 0 Å². The smallest absolute Gasteiger partial charge is 0.161 e. The van der Waals surface area contributed by atoms with Crippen LogP contribution in [0.2, 0.25) is 0 Å². The predicted molar refractivity (Wildman–Crippen MR) is 105 cm³/mol. The largest absolute Gasteiger partial charge is 0.530 e. The van der Waals surface area contributed by atoms with Crippen molar-refractivity contribution in [1.29, 1.82) is 0 Å². The van der Waals surface area contributed by atoms with E-state index in [1.54, 1.807) is 7.11 Å². The lowest BCUT2D eigenvalue weighted by molar-refractivity contribution is -0.268. The van der Waals surface area contributed by atoms with Gasteiger partial charge in [-0.2, -0.15) is 0 Å². The predicted octanol–water partition coefficient (Wildman–Crippen LogP) is 2.04. The molecule has 0 spiro atoms. The molecule has 0 aliphatic carbocycles. The van der Waals surface area contributed by atoms with E-state index in [2.05, 4.69) is 0 Å². The number of carbonyl (C=O) groups is 1. The normalized spacial score (nSPS) is 18.9. The number of aliphatic hydroxyl groups is 1. The second-order valence-electron chi connectivity index (χ2n) is 6.94. The number of hydrogen-bond acceptors (Lipinski definition) is 6. The molecule has 1 saturated heterocycles. The number of likely N-dealkylation sites (tertiary alicyclic amines) is 1. The number of para-hydroxylation sites is 2. The van der Waals surface area contributed by atoms with Crippen molar-refractivity contribution in [2.45, 2.75) is 24.9 Å². The standard InChI is InChI=1S/C22H27NO6/c1-27-20-5-2-3-6-21(20)29-14-4-13-28-17-9-7-16(8-10-17)18-11-12-23(22(25)26)15-19(18)24/h2-3,5-10,18-19,24H,4,11-15H2,1H3,(H,25,26)/p-1. The number of aliphatic hydroxyl groups excluding tert-OH is 1. The van der Waals surface area contributed by atoms with Crippen LogP contribution in [-0.4, -0.2) is 55.6 Å². The van der Waals surface area contributed by atoms with E-state index in [1.165, 1.54) is 0 Å². The lowest BCUT2D eigenvalue weighted by atomic mass is 9.87. The number of carboxylic acid groups (broad SMARTS) is 1. The van der Waals surface area contributed by atoms with E-state index in [0.717, 1.165) is 22.6 Å². The molecule has 1 aliphatic heterocycles. The Morgan fingerprint density at radius 1 is 1.10 bits per heavy atom. The molecule has 1 amide bonds. The summed E-state index contributed by atoms with van der Waals surface area (Å²) in [6.07, 6.45) is -0.683. The Hall–Kier alpha value is -2.93. The van der Waals surface area contributed by atoms with Gasteiger partial charge in [0, 0.05) is 25.4 Å². The third-order valence-corrected chi connectivity index (χ3v) is 5.03. The van der Waals surface area contributed by atoms with Crippen molar-refractivity contribution < 1.29 is 29.2 Å². The number of hydrogen-bond donors (Lipinski definition) is 1. The molecule has 1 heterocycles. The molecule has 2 aromatic rings. The first kappa shape index (κ1) is 20.8. The monoisotopic (exact) mass is 400 g/mol. The van der Waals surface area contributed by atoms with Crippen molar-refractivity contribution in [1.82, 2.24) is 4.90 Å². The molecule has 7 heteroatoms. The molecule has 1 N–H and O–H groups in total. The zero-order valence-corrected chi connectivity index (χ0v) is 16.5. The van der Waals surface area contributed by atoms with Crippen LogP contribution >= 0.6 is 0 Å². The number of nitrogens with zero attached hydrogens (tertiary/aromatic N) is 1. The summed E-state index contributed by atoms with van der Waals surface area (Å²) in [7, 11) is 1.61. The van der Waals surface area contributed by atoms with Gasteiger partial charge in [0.2, 0.25) is 0 Å². The molecular weight excluding hydrogens is 374 g/mol. The van der Waals surface area contributed by atoms with Crippen molar-refractivity contribution >= 4 is 6.09 Å². The highest BCUT2D eigenvalue weighted by molar-refractivity contribution is 5.62. The average Bonchev–Trinajstić information content (AvgIpc) is 2.74. The Morgan fingerprint density at radius 3 is 2.45 bits per heavy atom. The molecule has 0 saturated carbocycles. The Kier molecular flexibility index (Phi) is 7.19. The van der Waals surface area contributed by atoms with Crippen molar-refractivity contribution in [3.63, 3.8) is 0 Å². The number of β-amino-alcohol motifs (C(OH)–C–C–N with tert-alkyl or cyclic N) is 1. The van der Waals surface area contributed by atoms with Gasteiger partial charge in [0.15, 0.2) is 11.5 Å². The zero-order valence-electron chi connectivity index (χ0n) is 16.5. The fourth-order valence-electron chi connectivity index (χ4n) is 3.47. The zero-order chi connectivity index (χ0) is 20.6. The van der Waals surface area contributed by atoms with Crippen LogP contribution in [-0.2, 0) is 0 Å². The van der Waals surface area contributed by atoms with Crippen LogP contribution in [0.4, 0.5) is 4.79 Å². The molecule has 1 fully saturated rings. The molecule has 1 aliphatic rings. The Bertz CT molecular complexity index is 794. The summed E-state index contributed by atoms with van der Waals surface area (Å²) in [5.74, 6) is 2.07. The second-order valence-corrected chi connectivity index (χ2v) is 6.94. The lowest BCUT2D eigenvalue weighted by Gasteiger charge is -2.37. The quantitative estimate of drug-likeness (QED) is 0.682.